The van der Waals surface area contributed by atoms with Crippen molar-refractivity contribution >= 4 is 39.9 Å². The van der Waals surface area contributed by atoms with Gasteiger partial charge in [0.2, 0.25) is 0 Å². The maximum Gasteiger partial charge on any atom is 0.255 e. The molecule has 1 amide bonds. The number of benzene rings is 1. The molecule has 0 radical (unpaired) electrons. The van der Waals surface area contributed by atoms with Crippen LogP contribution in [-0.4, -0.2) is 56.4 Å². The Labute approximate surface area is 234 Å². The summed E-state index contributed by atoms with van der Waals surface area (Å²) in [4.78, 5) is 19.8. The summed E-state index contributed by atoms with van der Waals surface area (Å²) in [5, 5.41) is 15.8. The van der Waals surface area contributed by atoms with E-state index in [1.165, 1.54) is 18.2 Å². The molecular weight excluding hydrogens is 533 g/mol. The topological polar surface area (TPSA) is 100 Å². The number of amides is 1. The molecule has 2 aliphatic rings. The summed E-state index contributed by atoms with van der Waals surface area (Å²) in [6, 6.07) is 10.5. The Morgan fingerprint density at radius 1 is 1.20 bits per heavy atom. The lowest BCUT2D eigenvalue weighted by atomic mass is 10.0. The van der Waals surface area contributed by atoms with E-state index in [4.69, 9.17) is 21.3 Å². The predicted octanol–water partition coefficient (Wildman–Crippen LogP) is 5.11. The molecule has 3 atom stereocenters. The molecule has 2 N–H and O–H groups in total. The van der Waals surface area contributed by atoms with Gasteiger partial charge in [0, 0.05) is 36.5 Å². The van der Waals surface area contributed by atoms with Crippen molar-refractivity contribution in [2.45, 2.75) is 25.8 Å². The third-order valence-electron chi connectivity index (χ3n) is 8.07. The Morgan fingerprint density at radius 2 is 2.02 bits per heavy atom. The van der Waals surface area contributed by atoms with E-state index in [-0.39, 0.29) is 16.6 Å². The van der Waals surface area contributed by atoms with E-state index < -0.39 is 11.7 Å². The molecule has 1 aromatic carbocycles. The lowest BCUT2D eigenvalue weighted by molar-refractivity contribution is 0.0932. The van der Waals surface area contributed by atoms with Crippen LogP contribution < -0.4 is 15.0 Å². The molecule has 5 heterocycles. The van der Waals surface area contributed by atoms with Gasteiger partial charge in [0.05, 0.1) is 40.5 Å². The summed E-state index contributed by atoms with van der Waals surface area (Å²) >= 11 is 6.08. The second-order valence-electron chi connectivity index (χ2n) is 10.5. The maximum atomic E-state index is 14.2. The highest BCUT2D eigenvalue weighted by Crippen LogP contribution is 2.40. The molecule has 1 saturated carbocycles. The van der Waals surface area contributed by atoms with Crippen LogP contribution >= 0.6 is 11.6 Å². The molecule has 1 aliphatic carbocycles. The number of carbonyl (C=O) groups excluding carboxylic acids is 1. The highest BCUT2D eigenvalue weighted by molar-refractivity contribution is 6.33. The number of aromatic amines is 1. The molecule has 2 unspecified atom stereocenters. The largest absolute Gasteiger partial charge is 0.492 e. The van der Waals surface area contributed by atoms with Crippen LogP contribution in [0.5, 0.6) is 5.75 Å². The number of H-pyrrole nitrogens is 1. The van der Waals surface area contributed by atoms with Gasteiger partial charge in [-0.3, -0.25) is 9.89 Å². The van der Waals surface area contributed by atoms with Crippen molar-refractivity contribution in [2.75, 3.05) is 24.6 Å². The standard InChI is InChI=1S/C29H27ClFN7O2/c1-2-40-20-10-21(27-22-12-33-35-28(22)36-38(27)15-20)16-6-7-25(32-11-16)37-13-17-8-19(9-18(17)14-37)34-29(39)26-23(30)4-3-5-24(26)31/h3-7,10-12,15,17-19H,2,8-9,13-14H2,1H3,(H,34,39)(H,35,36)/t17-,18?,19?/m0/s1. The van der Waals surface area contributed by atoms with E-state index in [0.29, 0.717) is 18.4 Å². The molecule has 0 bridgehead atoms. The Bertz CT molecular complexity index is 1700. The van der Waals surface area contributed by atoms with Gasteiger partial charge in [0.15, 0.2) is 5.65 Å². The molecule has 1 saturated heterocycles. The van der Waals surface area contributed by atoms with E-state index >= 15 is 0 Å². The molecule has 11 heteroatoms. The predicted molar refractivity (Wildman–Crippen MR) is 150 cm³/mol. The second-order valence-corrected chi connectivity index (χ2v) is 10.9. The first-order valence-electron chi connectivity index (χ1n) is 13.4. The first-order chi connectivity index (χ1) is 19.5. The first-order valence-corrected chi connectivity index (χ1v) is 13.8. The van der Waals surface area contributed by atoms with Gasteiger partial charge in [-0.1, -0.05) is 17.7 Å². The van der Waals surface area contributed by atoms with Crippen molar-refractivity contribution in [3.63, 3.8) is 0 Å². The fourth-order valence-electron chi connectivity index (χ4n) is 6.32. The number of ether oxygens (including phenoxy) is 1. The van der Waals surface area contributed by atoms with Gasteiger partial charge in [0.1, 0.15) is 17.4 Å². The summed E-state index contributed by atoms with van der Waals surface area (Å²) in [5.41, 5.74) is 3.52. The van der Waals surface area contributed by atoms with Crippen LogP contribution in [0.1, 0.15) is 30.1 Å². The lowest BCUT2D eigenvalue weighted by Crippen LogP contribution is -2.35. The average molecular weight is 560 g/mol. The maximum absolute atomic E-state index is 14.2. The Balaban J connectivity index is 1.06. The average Bonchev–Trinajstić information content (AvgIpc) is 3.69. The molecule has 2 fully saturated rings. The fraction of sp³-hybridized carbons (Fsp3) is 0.310. The van der Waals surface area contributed by atoms with Gasteiger partial charge >= 0.3 is 0 Å². The van der Waals surface area contributed by atoms with Gasteiger partial charge in [-0.25, -0.2) is 13.9 Å². The van der Waals surface area contributed by atoms with Gasteiger partial charge in [-0.05, 0) is 61.9 Å². The molecule has 7 rings (SSSR count). The van der Waals surface area contributed by atoms with Crippen LogP contribution in [0.2, 0.25) is 5.02 Å². The van der Waals surface area contributed by atoms with E-state index in [2.05, 4.69) is 37.6 Å². The van der Waals surface area contributed by atoms with Crippen LogP contribution in [0.15, 0.2) is 55.0 Å². The Hall–Kier alpha value is -4.18. The van der Waals surface area contributed by atoms with Gasteiger partial charge < -0.3 is 15.0 Å². The third kappa shape index (κ3) is 4.23. The number of hydrogen-bond acceptors (Lipinski definition) is 6. The normalized spacial score (nSPS) is 20.4. The number of aromatic nitrogens is 5. The minimum atomic E-state index is -0.600. The zero-order valence-corrected chi connectivity index (χ0v) is 22.5. The quantitative estimate of drug-likeness (QED) is 0.300. The number of hydrogen-bond donors (Lipinski definition) is 2. The Morgan fingerprint density at radius 3 is 2.75 bits per heavy atom. The summed E-state index contributed by atoms with van der Waals surface area (Å²) in [7, 11) is 0. The van der Waals surface area contributed by atoms with E-state index in [1.54, 1.807) is 6.20 Å². The summed E-state index contributed by atoms with van der Waals surface area (Å²) in [6.07, 6.45) is 7.26. The fourth-order valence-corrected chi connectivity index (χ4v) is 6.56. The molecule has 40 heavy (non-hydrogen) atoms. The summed E-state index contributed by atoms with van der Waals surface area (Å²) in [5.74, 6) is 1.49. The van der Waals surface area contributed by atoms with E-state index in [9.17, 15) is 9.18 Å². The molecule has 4 aromatic heterocycles. The third-order valence-corrected chi connectivity index (χ3v) is 8.39. The minimum absolute atomic E-state index is 0.00564. The lowest BCUT2D eigenvalue weighted by Gasteiger charge is -2.21. The van der Waals surface area contributed by atoms with Crippen molar-refractivity contribution in [2.24, 2.45) is 11.8 Å². The van der Waals surface area contributed by atoms with Crippen molar-refractivity contribution in [1.82, 2.24) is 30.1 Å². The Kier molecular flexibility index (Phi) is 6.07. The highest BCUT2D eigenvalue weighted by atomic mass is 35.5. The number of halogens is 2. The van der Waals surface area contributed by atoms with Gasteiger partial charge in [-0.2, -0.15) is 5.10 Å². The van der Waals surface area contributed by atoms with Crippen LogP contribution in [0.3, 0.4) is 0 Å². The zero-order chi connectivity index (χ0) is 27.4. The van der Waals surface area contributed by atoms with Crippen molar-refractivity contribution in [3.05, 3.63) is 71.4 Å². The van der Waals surface area contributed by atoms with E-state index in [1.807, 2.05) is 29.9 Å². The second kappa shape index (κ2) is 9.78. The molecule has 9 nitrogen and oxygen atoms in total. The monoisotopic (exact) mass is 559 g/mol. The van der Waals surface area contributed by atoms with Crippen LogP contribution in [0.25, 0.3) is 27.7 Å². The number of nitrogens with one attached hydrogen (secondary N) is 2. The number of carbonyl (C=O) groups is 1. The first kappa shape index (κ1) is 24.8. The summed E-state index contributed by atoms with van der Waals surface area (Å²) < 4.78 is 21.8. The molecule has 1 aliphatic heterocycles. The van der Waals surface area contributed by atoms with Crippen molar-refractivity contribution < 1.29 is 13.9 Å². The molecule has 0 spiro atoms. The zero-order valence-electron chi connectivity index (χ0n) is 21.8. The van der Waals surface area contributed by atoms with Gasteiger partial charge in [-0.15, -0.1) is 5.10 Å². The van der Waals surface area contributed by atoms with Crippen molar-refractivity contribution in [3.8, 4) is 16.9 Å². The van der Waals surface area contributed by atoms with Crippen LogP contribution in [-0.2, 0) is 0 Å². The number of pyridine rings is 2. The molecular formula is C29H27ClFN7O2. The van der Waals surface area contributed by atoms with Crippen LogP contribution in [0, 0.1) is 17.7 Å². The number of fused-ring (bicyclic) bond motifs is 4. The number of anilines is 1. The van der Waals surface area contributed by atoms with Crippen molar-refractivity contribution in [1.29, 1.82) is 0 Å². The number of rotatable bonds is 6. The highest BCUT2D eigenvalue weighted by Gasteiger charge is 2.42. The van der Waals surface area contributed by atoms with E-state index in [0.717, 1.165) is 65.2 Å². The number of nitrogens with zero attached hydrogens (tertiary/aromatic N) is 5. The SMILES string of the molecule is CCOc1cc(-c2ccc(N3CC4CC(NC(=O)c5c(F)cccc5Cl)C[C@H]4C3)nc2)c2c3cn[nH]c3nn2c1. The molecule has 204 valence electrons. The summed E-state index contributed by atoms with van der Waals surface area (Å²) in [6.45, 7) is 4.25. The van der Waals surface area contributed by atoms with Gasteiger partial charge in [0.25, 0.3) is 5.91 Å². The molecule has 5 aromatic rings. The van der Waals surface area contributed by atoms with Crippen LogP contribution in [0.4, 0.5) is 10.2 Å². The smallest absolute Gasteiger partial charge is 0.255 e. The minimum Gasteiger partial charge on any atom is -0.492 e.